The van der Waals surface area contributed by atoms with Gasteiger partial charge in [-0.1, -0.05) is 12.1 Å². The van der Waals surface area contributed by atoms with E-state index in [-0.39, 0.29) is 24.3 Å². The van der Waals surface area contributed by atoms with E-state index in [1.165, 1.54) is 6.26 Å². The van der Waals surface area contributed by atoms with Gasteiger partial charge in [-0.2, -0.15) is 0 Å². The van der Waals surface area contributed by atoms with E-state index in [1.807, 2.05) is 36.4 Å². The van der Waals surface area contributed by atoms with Gasteiger partial charge in [-0.05, 0) is 35.0 Å². The van der Waals surface area contributed by atoms with Crippen LogP contribution in [0.25, 0.3) is 10.8 Å². The first kappa shape index (κ1) is 20.2. The third-order valence-electron chi connectivity index (χ3n) is 4.86. The van der Waals surface area contributed by atoms with E-state index in [9.17, 15) is 4.79 Å². The highest BCUT2D eigenvalue weighted by Crippen LogP contribution is 2.25. The Balaban J connectivity index is 1.36. The van der Waals surface area contributed by atoms with Crippen LogP contribution in [0.15, 0.2) is 47.1 Å². The first-order chi connectivity index (χ1) is 14.6. The predicted octanol–water partition coefficient (Wildman–Crippen LogP) is 2.90. The second kappa shape index (κ2) is 9.15. The summed E-state index contributed by atoms with van der Waals surface area (Å²) in [4.78, 5) is 18.4. The lowest BCUT2D eigenvalue weighted by Crippen LogP contribution is -2.40. The summed E-state index contributed by atoms with van der Waals surface area (Å²) in [6.07, 6.45) is 1.22. The molecule has 1 aliphatic rings. The van der Waals surface area contributed by atoms with Crippen LogP contribution in [0.3, 0.4) is 0 Å². The maximum Gasteiger partial charge on any atom is 0.275 e. The molecule has 2 heterocycles. The Kier molecular flexibility index (Phi) is 6.15. The molecular weight excluding hydrogens is 388 g/mol. The fourth-order valence-electron chi connectivity index (χ4n) is 3.27. The highest BCUT2D eigenvalue weighted by molar-refractivity contribution is 5.91. The van der Waals surface area contributed by atoms with Crippen molar-refractivity contribution in [3.05, 3.63) is 54.2 Å². The molecule has 0 spiro atoms. The maximum absolute atomic E-state index is 12.6. The summed E-state index contributed by atoms with van der Waals surface area (Å²) in [5, 5.41) is 2.09. The van der Waals surface area contributed by atoms with Gasteiger partial charge in [0.15, 0.2) is 12.3 Å². The minimum absolute atomic E-state index is 0.117. The Morgan fingerprint density at radius 1 is 1.17 bits per heavy atom. The van der Waals surface area contributed by atoms with Crippen LogP contribution in [0.5, 0.6) is 11.5 Å². The molecule has 3 aromatic rings. The lowest BCUT2D eigenvalue weighted by atomic mass is 10.1. The van der Waals surface area contributed by atoms with Crippen molar-refractivity contribution in [3.63, 3.8) is 0 Å². The van der Waals surface area contributed by atoms with Gasteiger partial charge in [0.05, 0.1) is 33.0 Å². The first-order valence-electron chi connectivity index (χ1n) is 9.72. The highest BCUT2D eigenvalue weighted by Gasteiger charge is 2.22. The molecule has 2 aromatic carbocycles. The molecule has 30 heavy (non-hydrogen) atoms. The van der Waals surface area contributed by atoms with Gasteiger partial charge in [0.2, 0.25) is 5.89 Å². The van der Waals surface area contributed by atoms with Crippen molar-refractivity contribution >= 4 is 16.7 Å². The SMILES string of the molecule is COc1ccc2ccc(OCc3nc(C(=O)N(C)C[C@@H]4COCCO4)co3)cc2c1. The summed E-state index contributed by atoms with van der Waals surface area (Å²) in [5.74, 6) is 1.55. The summed E-state index contributed by atoms with van der Waals surface area (Å²) < 4.78 is 27.4. The normalized spacial score (nSPS) is 16.4. The molecule has 0 saturated carbocycles. The average Bonchev–Trinajstić information content (AvgIpc) is 3.26. The van der Waals surface area contributed by atoms with Crippen molar-refractivity contribution in [2.24, 2.45) is 0 Å². The number of ether oxygens (including phenoxy) is 4. The number of methoxy groups -OCH3 is 1. The number of carbonyl (C=O) groups is 1. The molecule has 0 aliphatic carbocycles. The van der Waals surface area contributed by atoms with Crippen molar-refractivity contribution in [2.75, 3.05) is 40.5 Å². The Morgan fingerprint density at radius 3 is 2.73 bits per heavy atom. The van der Waals surface area contributed by atoms with E-state index in [2.05, 4.69) is 4.98 Å². The van der Waals surface area contributed by atoms with Crippen molar-refractivity contribution in [2.45, 2.75) is 12.7 Å². The largest absolute Gasteiger partial charge is 0.497 e. The maximum atomic E-state index is 12.6. The van der Waals surface area contributed by atoms with E-state index < -0.39 is 0 Å². The quantitative estimate of drug-likeness (QED) is 0.590. The number of nitrogens with zero attached hydrogens (tertiary/aromatic N) is 2. The Labute approximate surface area is 174 Å². The molecule has 8 heteroatoms. The zero-order valence-electron chi connectivity index (χ0n) is 17.0. The number of benzene rings is 2. The molecule has 4 rings (SSSR count). The van der Waals surface area contributed by atoms with Crippen LogP contribution in [0.2, 0.25) is 0 Å². The molecule has 1 aromatic heterocycles. The van der Waals surface area contributed by atoms with Gasteiger partial charge < -0.3 is 28.3 Å². The minimum atomic E-state index is -0.239. The summed E-state index contributed by atoms with van der Waals surface area (Å²) in [6.45, 7) is 2.16. The molecule has 0 bridgehead atoms. The standard InChI is InChI=1S/C22H24N2O6/c1-24(11-19-12-27-7-8-28-19)22(25)20-13-30-21(23-20)14-29-18-6-4-15-3-5-17(26-2)9-16(15)10-18/h3-6,9-10,13,19H,7-8,11-12,14H2,1-2H3/t19-/m1/s1. The number of hydrogen-bond donors (Lipinski definition) is 0. The van der Waals surface area contributed by atoms with Crippen LogP contribution in [-0.2, 0) is 16.1 Å². The van der Waals surface area contributed by atoms with Crippen LogP contribution in [0, 0.1) is 0 Å². The summed E-state index contributed by atoms with van der Waals surface area (Å²) in [7, 11) is 3.34. The van der Waals surface area contributed by atoms with Gasteiger partial charge in [0.25, 0.3) is 5.91 Å². The third-order valence-corrected chi connectivity index (χ3v) is 4.86. The van der Waals surface area contributed by atoms with E-state index in [0.717, 1.165) is 16.5 Å². The molecule has 1 fully saturated rings. The molecule has 0 radical (unpaired) electrons. The second-order valence-electron chi connectivity index (χ2n) is 7.04. The van der Waals surface area contributed by atoms with E-state index in [4.69, 9.17) is 23.4 Å². The monoisotopic (exact) mass is 412 g/mol. The van der Waals surface area contributed by atoms with Crippen molar-refractivity contribution in [1.29, 1.82) is 0 Å². The number of fused-ring (bicyclic) bond motifs is 1. The van der Waals surface area contributed by atoms with Crippen LogP contribution in [0.4, 0.5) is 0 Å². The summed E-state index contributed by atoms with van der Waals surface area (Å²) in [5.41, 5.74) is 0.232. The van der Waals surface area contributed by atoms with Crippen LogP contribution in [0.1, 0.15) is 16.4 Å². The predicted molar refractivity (Wildman–Crippen MR) is 109 cm³/mol. The van der Waals surface area contributed by atoms with Gasteiger partial charge in [0, 0.05) is 13.6 Å². The lowest BCUT2D eigenvalue weighted by Gasteiger charge is -2.27. The Bertz CT molecular complexity index is 1010. The molecule has 1 amide bonds. The third kappa shape index (κ3) is 4.72. The fraction of sp³-hybridized carbons (Fsp3) is 0.364. The topological polar surface area (TPSA) is 83.3 Å². The summed E-state index contributed by atoms with van der Waals surface area (Å²) >= 11 is 0. The molecular formula is C22H24N2O6. The lowest BCUT2D eigenvalue weighted by molar-refractivity contribution is -0.0933. The fourth-order valence-corrected chi connectivity index (χ4v) is 3.27. The number of aromatic nitrogens is 1. The van der Waals surface area contributed by atoms with Gasteiger partial charge in [-0.25, -0.2) is 4.98 Å². The van der Waals surface area contributed by atoms with Gasteiger partial charge in [-0.3, -0.25) is 4.79 Å². The molecule has 158 valence electrons. The first-order valence-corrected chi connectivity index (χ1v) is 9.72. The number of amides is 1. The van der Waals surface area contributed by atoms with Crippen LogP contribution < -0.4 is 9.47 Å². The number of oxazole rings is 1. The molecule has 1 saturated heterocycles. The number of likely N-dealkylation sites (N-methyl/N-ethyl adjacent to an activating group) is 1. The number of carbonyl (C=O) groups excluding carboxylic acids is 1. The zero-order valence-corrected chi connectivity index (χ0v) is 17.0. The van der Waals surface area contributed by atoms with Gasteiger partial charge >= 0.3 is 0 Å². The molecule has 0 N–H and O–H groups in total. The minimum Gasteiger partial charge on any atom is -0.497 e. The average molecular weight is 412 g/mol. The van der Waals surface area contributed by atoms with E-state index >= 15 is 0 Å². The van der Waals surface area contributed by atoms with Crippen molar-refractivity contribution in [1.82, 2.24) is 9.88 Å². The van der Waals surface area contributed by atoms with Gasteiger partial charge in [-0.15, -0.1) is 0 Å². The molecule has 1 atom stereocenters. The number of hydrogen-bond acceptors (Lipinski definition) is 7. The van der Waals surface area contributed by atoms with Crippen LogP contribution >= 0.6 is 0 Å². The van der Waals surface area contributed by atoms with E-state index in [1.54, 1.807) is 19.1 Å². The molecule has 0 unspecified atom stereocenters. The zero-order chi connectivity index (χ0) is 20.9. The smallest absolute Gasteiger partial charge is 0.275 e. The van der Waals surface area contributed by atoms with Crippen LogP contribution in [-0.4, -0.2) is 62.4 Å². The van der Waals surface area contributed by atoms with Gasteiger partial charge in [0.1, 0.15) is 17.8 Å². The van der Waals surface area contributed by atoms with E-state index in [0.29, 0.717) is 38.0 Å². The Hall–Kier alpha value is -3.10. The summed E-state index contributed by atoms with van der Waals surface area (Å²) in [6, 6.07) is 11.6. The second-order valence-corrected chi connectivity index (χ2v) is 7.04. The molecule has 8 nitrogen and oxygen atoms in total. The highest BCUT2D eigenvalue weighted by atomic mass is 16.6. The van der Waals surface area contributed by atoms with Crippen molar-refractivity contribution < 1.29 is 28.2 Å². The Morgan fingerprint density at radius 2 is 1.97 bits per heavy atom. The molecule has 1 aliphatic heterocycles. The van der Waals surface area contributed by atoms with Crippen molar-refractivity contribution in [3.8, 4) is 11.5 Å². The number of rotatable bonds is 7.